The van der Waals surface area contributed by atoms with Gasteiger partial charge in [-0.1, -0.05) is 55.1 Å². The lowest BCUT2D eigenvalue weighted by molar-refractivity contribution is -0.113. The highest BCUT2D eigenvalue weighted by Crippen LogP contribution is 2.35. The number of thioether (sulfide) groups is 1. The Morgan fingerprint density at radius 2 is 1.90 bits per heavy atom. The first-order valence-electron chi connectivity index (χ1n) is 10.7. The quantitative estimate of drug-likeness (QED) is 0.741. The number of ether oxygens (including phenoxy) is 1. The van der Waals surface area contributed by atoms with E-state index in [0.717, 1.165) is 54.5 Å². The fourth-order valence-corrected chi connectivity index (χ4v) is 4.77. The number of rotatable bonds is 6. The fourth-order valence-electron chi connectivity index (χ4n) is 3.89. The van der Waals surface area contributed by atoms with Crippen molar-refractivity contribution in [3.8, 4) is 5.75 Å². The Morgan fingerprint density at radius 1 is 1.13 bits per heavy atom. The summed E-state index contributed by atoms with van der Waals surface area (Å²) in [6, 6.07) is 17.5. The van der Waals surface area contributed by atoms with E-state index in [4.69, 9.17) is 14.7 Å². The molecule has 1 spiro atoms. The summed E-state index contributed by atoms with van der Waals surface area (Å²) in [7, 11) is 1.61. The molecule has 2 heterocycles. The number of amides is 1. The molecule has 1 amide bonds. The lowest BCUT2D eigenvalue weighted by Crippen LogP contribution is -2.41. The van der Waals surface area contributed by atoms with Crippen LogP contribution in [-0.4, -0.2) is 59.7 Å². The maximum atomic E-state index is 12.6. The van der Waals surface area contributed by atoms with Crippen molar-refractivity contribution in [1.29, 1.82) is 0 Å². The lowest BCUT2D eigenvalue weighted by atomic mass is 9.98. The van der Waals surface area contributed by atoms with Gasteiger partial charge in [-0.05, 0) is 18.7 Å². The number of aliphatic imine (C=N–C) groups is 2. The van der Waals surface area contributed by atoms with Gasteiger partial charge < -0.3 is 15.0 Å². The minimum atomic E-state index is -0.386. The third-order valence-electron chi connectivity index (χ3n) is 5.68. The summed E-state index contributed by atoms with van der Waals surface area (Å²) in [5.41, 5.74) is 2.29. The largest absolute Gasteiger partial charge is 0.497 e. The Balaban J connectivity index is 1.47. The highest BCUT2D eigenvalue weighted by molar-refractivity contribution is 8.16. The molecule has 0 radical (unpaired) electrons. The number of hydrogen-bond donors (Lipinski definition) is 1. The summed E-state index contributed by atoms with van der Waals surface area (Å²) < 4.78 is 5.23. The van der Waals surface area contributed by atoms with E-state index in [1.807, 2.05) is 42.5 Å². The Hall–Kier alpha value is -2.64. The number of methoxy groups -OCH3 is 1. The molecule has 6 nitrogen and oxygen atoms in total. The number of nitrogens with one attached hydrogen (secondary N) is 1. The third kappa shape index (κ3) is 5.17. The summed E-state index contributed by atoms with van der Waals surface area (Å²) in [6.45, 7) is 5.25. The Morgan fingerprint density at radius 3 is 2.61 bits per heavy atom. The molecule has 0 saturated carbocycles. The zero-order valence-corrected chi connectivity index (χ0v) is 18.8. The maximum absolute atomic E-state index is 12.6. The van der Waals surface area contributed by atoms with Gasteiger partial charge in [0.1, 0.15) is 10.8 Å². The predicted molar refractivity (Wildman–Crippen MR) is 129 cm³/mol. The molecule has 2 aliphatic heterocycles. The number of anilines is 1. The molecule has 162 valence electrons. The van der Waals surface area contributed by atoms with Crippen LogP contribution in [0.25, 0.3) is 0 Å². The molecule has 0 bridgehead atoms. The highest BCUT2D eigenvalue weighted by atomic mass is 32.2. The van der Waals surface area contributed by atoms with E-state index in [1.165, 1.54) is 11.8 Å². The Kier molecular flexibility index (Phi) is 6.73. The van der Waals surface area contributed by atoms with Crippen molar-refractivity contribution in [3.05, 3.63) is 60.2 Å². The van der Waals surface area contributed by atoms with Crippen molar-refractivity contribution < 1.29 is 9.53 Å². The second-order valence-electron chi connectivity index (χ2n) is 7.73. The van der Waals surface area contributed by atoms with Gasteiger partial charge in [0, 0.05) is 43.2 Å². The number of carbonyl (C=O) groups excluding carboxylic acids is 1. The monoisotopic (exact) mass is 436 g/mol. The Bertz CT molecular complexity index is 982. The molecule has 0 aliphatic carbocycles. The van der Waals surface area contributed by atoms with Crippen LogP contribution in [0.5, 0.6) is 5.75 Å². The van der Waals surface area contributed by atoms with Crippen molar-refractivity contribution in [1.82, 2.24) is 4.90 Å². The molecule has 0 unspecified atom stereocenters. The first-order chi connectivity index (χ1) is 15.1. The molecule has 2 aromatic carbocycles. The molecule has 0 atom stereocenters. The number of carbonyl (C=O) groups is 1. The van der Waals surface area contributed by atoms with Gasteiger partial charge in [0.15, 0.2) is 5.66 Å². The fraction of sp³-hybridized carbons (Fsp3) is 0.375. The minimum absolute atomic E-state index is 0.0740. The summed E-state index contributed by atoms with van der Waals surface area (Å²) in [6.07, 6.45) is 1.83. The number of likely N-dealkylation sites (tertiary alicyclic amines) is 1. The van der Waals surface area contributed by atoms with Crippen LogP contribution in [0.2, 0.25) is 0 Å². The minimum Gasteiger partial charge on any atom is -0.497 e. The van der Waals surface area contributed by atoms with E-state index in [1.54, 1.807) is 7.11 Å². The number of benzene rings is 2. The van der Waals surface area contributed by atoms with Gasteiger partial charge >= 0.3 is 0 Å². The lowest BCUT2D eigenvalue weighted by Gasteiger charge is -2.34. The molecule has 1 N–H and O–H groups in total. The van der Waals surface area contributed by atoms with Crippen LogP contribution in [0.1, 0.15) is 25.3 Å². The van der Waals surface area contributed by atoms with Crippen molar-refractivity contribution in [3.63, 3.8) is 0 Å². The second kappa shape index (κ2) is 9.66. The SMILES string of the molecule is CCN1CCC2(CC1)N=C(SCC(=O)Nc1cccc(OC)c1)C(c1ccccc1)=N2. The van der Waals surface area contributed by atoms with Gasteiger partial charge in [-0.15, -0.1) is 0 Å². The van der Waals surface area contributed by atoms with E-state index in [-0.39, 0.29) is 17.3 Å². The maximum Gasteiger partial charge on any atom is 0.234 e. The van der Waals surface area contributed by atoms with E-state index in [0.29, 0.717) is 5.75 Å². The van der Waals surface area contributed by atoms with Crippen LogP contribution in [0.3, 0.4) is 0 Å². The van der Waals surface area contributed by atoms with Crippen LogP contribution >= 0.6 is 11.8 Å². The third-order valence-corrected chi connectivity index (χ3v) is 6.64. The number of nitrogens with zero attached hydrogens (tertiary/aromatic N) is 3. The first-order valence-corrected chi connectivity index (χ1v) is 11.6. The van der Waals surface area contributed by atoms with Crippen LogP contribution in [0.15, 0.2) is 64.6 Å². The summed E-state index contributed by atoms with van der Waals surface area (Å²) >= 11 is 1.46. The molecule has 2 aromatic rings. The van der Waals surface area contributed by atoms with E-state index >= 15 is 0 Å². The zero-order valence-electron chi connectivity index (χ0n) is 18.0. The van der Waals surface area contributed by atoms with Gasteiger partial charge in [0.25, 0.3) is 0 Å². The molecular formula is C24H28N4O2S. The molecule has 1 fully saturated rings. The zero-order chi connectivity index (χ0) is 21.7. The molecule has 31 heavy (non-hydrogen) atoms. The topological polar surface area (TPSA) is 66.3 Å². The van der Waals surface area contributed by atoms with Crippen LogP contribution in [0.4, 0.5) is 5.69 Å². The van der Waals surface area contributed by atoms with Gasteiger partial charge in [-0.25, -0.2) is 4.99 Å². The Labute approximate surface area is 187 Å². The van der Waals surface area contributed by atoms with Crippen molar-refractivity contribution in [2.24, 2.45) is 9.98 Å². The first kappa shape index (κ1) is 21.6. The van der Waals surface area contributed by atoms with Gasteiger partial charge in [-0.2, -0.15) is 0 Å². The van der Waals surface area contributed by atoms with E-state index in [2.05, 4.69) is 29.3 Å². The van der Waals surface area contributed by atoms with Crippen LogP contribution in [0, 0.1) is 0 Å². The van der Waals surface area contributed by atoms with Crippen molar-refractivity contribution in [2.45, 2.75) is 25.4 Å². The van der Waals surface area contributed by atoms with E-state index in [9.17, 15) is 4.79 Å². The van der Waals surface area contributed by atoms with Crippen LogP contribution < -0.4 is 10.1 Å². The smallest absolute Gasteiger partial charge is 0.234 e. The molecule has 4 rings (SSSR count). The molecule has 0 aromatic heterocycles. The van der Waals surface area contributed by atoms with Gasteiger partial charge in [0.2, 0.25) is 5.91 Å². The molecule has 7 heteroatoms. The second-order valence-corrected chi connectivity index (χ2v) is 8.69. The highest BCUT2D eigenvalue weighted by Gasteiger charge is 2.39. The van der Waals surface area contributed by atoms with E-state index < -0.39 is 0 Å². The standard InChI is InChI=1S/C24H28N4O2S/c1-3-28-14-12-24(13-15-28)26-22(18-8-5-4-6-9-18)23(27-24)31-17-21(29)25-19-10-7-11-20(16-19)30-2/h4-11,16H,3,12-15,17H2,1-2H3,(H,25,29). The average molecular weight is 437 g/mol. The average Bonchev–Trinajstić information content (AvgIpc) is 3.17. The normalized spacial score (nSPS) is 17.9. The van der Waals surface area contributed by atoms with Gasteiger partial charge in [-0.3, -0.25) is 9.79 Å². The molecular weight excluding hydrogens is 408 g/mol. The molecule has 1 saturated heterocycles. The summed E-state index contributed by atoms with van der Waals surface area (Å²) in [5, 5.41) is 3.80. The number of piperidine rings is 1. The van der Waals surface area contributed by atoms with Crippen LogP contribution in [-0.2, 0) is 4.79 Å². The molecule has 2 aliphatic rings. The predicted octanol–water partition coefficient (Wildman–Crippen LogP) is 4.08. The summed E-state index contributed by atoms with van der Waals surface area (Å²) in [5.74, 6) is 0.915. The van der Waals surface area contributed by atoms with Crippen molar-refractivity contribution >= 4 is 34.1 Å². The van der Waals surface area contributed by atoms with Crippen molar-refractivity contribution in [2.75, 3.05) is 37.8 Å². The number of hydrogen-bond acceptors (Lipinski definition) is 6. The summed E-state index contributed by atoms with van der Waals surface area (Å²) in [4.78, 5) is 25.2. The van der Waals surface area contributed by atoms with Gasteiger partial charge in [0.05, 0.1) is 18.6 Å².